The second kappa shape index (κ2) is 7.23. The van der Waals surface area contributed by atoms with Gasteiger partial charge in [0.05, 0.1) is 0 Å². The molecule has 0 spiro atoms. The number of rotatable bonds is 5. The summed E-state index contributed by atoms with van der Waals surface area (Å²) >= 11 is 1.65. The highest BCUT2D eigenvalue weighted by atomic mass is 32.1. The van der Waals surface area contributed by atoms with E-state index in [4.69, 9.17) is 9.47 Å². The fourth-order valence-corrected chi connectivity index (χ4v) is 4.11. The first-order valence-corrected chi connectivity index (χ1v) is 9.98. The van der Waals surface area contributed by atoms with Crippen LogP contribution in [0.15, 0.2) is 35.7 Å². The molecular weight excluding hydrogens is 364 g/mol. The Labute approximate surface area is 162 Å². The average molecular weight is 386 g/mol. The van der Waals surface area contributed by atoms with E-state index in [1.165, 1.54) is 4.88 Å². The lowest BCUT2D eigenvalue weighted by Gasteiger charge is -2.49. The summed E-state index contributed by atoms with van der Waals surface area (Å²) < 4.78 is 11.1. The normalized spacial score (nSPS) is 20.7. The summed E-state index contributed by atoms with van der Waals surface area (Å²) in [7, 11) is 0. The van der Waals surface area contributed by atoms with Crippen molar-refractivity contribution in [3.05, 3.63) is 40.6 Å². The first-order valence-electron chi connectivity index (χ1n) is 9.10. The van der Waals surface area contributed by atoms with Crippen LogP contribution in [0.3, 0.4) is 0 Å². The Morgan fingerprint density at radius 2 is 2.04 bits per heavy atom. The van der Waals surface area contributed by atoms with Crippen molar-refractivity contribution < 1.29 is 19.1 Å². The highest BCUT2D eigenvalue weighted by Crippen LogP contribution is 2.35. The van der Waals surface area contributed by atoms with E-state index in [-0.39, 0.29) is 11.8 Å². The number of carbonyl (C=O) groups is 2. The summed E-state index contributed by atoms with van der Waals surface area (Å²) in [4.78, 5) is 28.3. The van der Waals surface area contributed by atoms with Gasteiger partial charge in [-0.05, 0) is 43.3 Å². The van der Waals surface area contributed by atoms with E-state index >= 15 is 0 Å². The number of amides is 2. The maximum absolute atomic E-state index is 12.9. The molecule has 1 N–H and O–H groups in total. The third-order valence-electron chi connectivity index (χ3n) is 5.17. The van der Waals surface area contributed by atoms with Crippen LogP contribution in [0.1, 0.15) is 24.6 Å². The van der Waals surface area contributed by atoms with Crippen LogP contribution < -0.4 is 14.8 Å². The van der Waals surface area contributed by atoms with Gasteiger partial charge in [-0.3, -0.25) is 9.59 Å². The molecular formula is C20H22N2O4S. The summed E-state index contributed by atoms with van der Waals surface area (Å²) in [5, 5.41) is 4.93. The molecule has 0 bridgehead atoms. The molecule has 0 aliphatic carbocycles. The summed E-state index contributed by atoms with van der Waals surface area (Å²) in [6, 6.07) is 9.35. The highest BCUT2D eigenvalue weighted by Gasteiger charge is 2.49. The van der Waals surface area contributed by atoms with Gasteiger partial charge in [-0.1, -0.05) is 6.07 Å². The average Bonchev–Trinajstić information content (AvgIpc) is 3.18. The quantitative estimate of drug-likeness (QED) is 0.858. The van der Waals surface area contributed by atoms with Crippen molar-refractivity contribution >= 4 is 28.8 Å². The predicted molar refractivity (Wildman–Crippen MR) is 103 cm³/mol. The minimum Gasteiger partial charge on any atom is -0.486 e. The Morgan fingerprint density at radius 3 is 2.74 bits per heavy atom. The Hall–Kier alpha value is -2.54. The van der Waals surface area contributed by atoms with Gasteiger partial charge in [0.2, 0.25) is 11.8 Å². The molecule has 1 saturated heterocycles. The van der Waals surface area contributed by atoms with Crippen molar-refractivity contribution in [3.8, 4) is 11.5 Å². The van der Waals surface area contributed by atoms with Crippen molar-refractivity contribution in [2.45, 2.75) is 31.7 Å². The molecule has 3 heterocycles. The molecule has 2 amide bonds. The minimum absolute atomic E-state index is 0.0227. The van der Waals surface area contributed by atoms with E-state index in [9.17, 15) is 9.59 Å². The molecule has 2 aliphatic rings. The van der Waals surface area contributed by atoms with Gasteiger partial charge >= 0.3 is 0 Å². The SMILES string of the molecule is CC1(C(=O)Nc2ccc3c(c2)OCCO3)CCN1C(=O)CCc1cccs1. The van der Waals surface area contributed by atoms with Gasteiger partial charge in [-0.2, -0.15) is 0 Å². The lowest BCUT2D eigenvalue weighted by Crippen LogP contribution is -2.66. The Kier molecular flexibility index (Phi) is 4.78. The van der Waals surface area contributed by atoms with E-state index in [0.29, 0.717) is 56.2 Å². The van der Waals surface area contributed by atoms with Gasteiger partial charge in [-0.25, -0.2) is 0 Å². The molecule has 142 valence electrons. The molecule has 27 heavy (non-hydrogen) atoms. The van der Waals surface area contributed by atoms with Crippen molar-refractivity contribution in [2.24, 2.45) is 0 Å². The number of thiophene rings is 1. The largest absolute Gasteiger partial charge is 0.486 e. The lowest BCUT2D eigenvalue weighted by molar-refractivity contribution is -0.154. The number of hydrogen-bond acceptors (Lipinski definition) is 5. The molecule has 2 aliphatic heterocycles. The van der Waals surface area contributed by atoms with Gasteiger partial charge in [0.25, 0.3) is 0 Å². The monoisotopic (exact) mass is 386 g/mol. The molecule has 1 aromatic heterocycles. The highest BCUT2D eigenvalue weighted by molar-refractivity contribution is 7.09. The third-order valence-corrected chi connectivity index (χ3v) is 6.11. The Morgan fingerprint density at radius 1 is 1.22 bits per heavy atom. The van der Waals surface area contributed by atoms with Crippen molar-refractivity contribution in [2.75, 3.05) is 25.1 Å². The van der Waals surface area contributed by atoms with Crippen LogP contribution in [0.5, 0.6) is 11.5 Å². The maximum Gasteiger partial charge on any atom is 0.250 e. The molecule has 0 saturated carbocycles. The molecule has 2 aromatic rings. The van der Waals surface area contributed by atoms with Gasteiger partial charge in [0, 0.05) is 29.6 Å². The van der Waals surface area contributed by atoms with Gasteiger partial charge in [-0.15, -0.1) is 11.3 Å². The zero-order valence-corrected chi connectivity index (χ0v) is 16.0. The van der Waals surface area contributed by atoms with Crippen LogP contribution in [-0.2, 0) is 16.0 Å². The first-order chi connectivity index (χ1) is 13.1. The number of carbonyl (C=O) groups excluding carboxylic acids is 2. The fourth-order valence-electron chi connectivity index (χ4n) is 3.40. The van der Waals surface area contributed by atoms with E-state index in [1.54, 1.807) is 34.4 Å². The zero-order valence-electron chi connectivity index (χ0n) is 15.2. The second-order valence-corrected chi connectivity index (χ2v) is 7.99. The third kappa shape index (κ3) is 3.51. The molecule has 6 nitrogen and oxygen atoms in total. The van der Waals surface area contributed by atoms with E-state index in [2.05, 4.69) is 5.32 Å². The molecule has 1 aromatic carbocycles. The Balaban J connectivity index is 1.39. The minimum atomic E-state index is -0.806. The molecule has 7 heteroatoms. The van der Waals surface area contributed by atoms with Crippen LogP contribution >= 0.6 is 11.3 Å². The summed E-state index contributed by atoms with van der Waals surface area (Å²) in [6.07, 6.45) is 1.80. The maximum atomic E-state index is 12.9. The van der Waals surface area contributed by atoms with Gasteiger partial charge < -0.3 is 19.7 Å². The van der Waals surface area contributed by atoms with Gasteiger partial charge in [0.15, 0.2) is 11.5 Å². The topological polar surface area (TPSA) is 67.9 Å². The Bertz CT molecular complexity index is 852. The molecule has 4 rings (SSSR count). The fraction of sp³-hybridized carbons (Fsp3) is 0.400. The van der Waals surface area contributed by atoms with E-state index in [1.807, 2.05) is 24.4 Å². The van der Waals surface area contributed by atoms with Crippen LogP contribution in [0, 0.1) is 0 Å². The van der Waals surface area contributed by atoms with Crippen LogP contribution in [0.4, 0.5) is 5.69 Å². The van der Waals surface area contributed by atoms with Crippen LogP contribution in [-0.4, -0.2) is 42.0 Å². The number of anilines is 1. The molecule has 1 unspecified atom stereocenters. The van der Waals surface area contributed by atoms with Crippen molar-refractivity contribution in [1.29, 1.82) is 0 Å². The molecule has 0 radical (unpaired) electrons. The first kappa shape index (κ1) is 17.9. The number of nitrogens with zero attached hydrogens (tertiary/aromatic N) is 1. The van der Waals surface area contributed by atoms with E-state index < -0.39 is 5.54 Å². The van der Waals surface area contributed by atoms with Crippen LogP contribution in [0.25, 0.3) is 0 Å². The zero-order chi connectivity index (χ0) is 18.9. The second-order valence-electron chi connectivity index (χ2n) is 6.96. The molecule has 1 fully saturated rings. The van der Waals surface area contributed by atoms with Crippen LogP contribution in [0.2, 0.25) is 0 Å². The van der Waals surface area contributed by atoms with Crippen molar-refractivity contribution in [1.82, 2.24) is 4.90 Å². The van der Waals surface area contributed by atoms with Crippen molar-refractivity contribution in [3.63, 3.8) is 0 Å². The standard InChI is InChI=1S/C20H22N2O4S/c1-20(8-9-22(20)18(23)7-5-15-3-2-12-27-15)19(24)21-14-4-6-16-17(13-14)26-11-10-25-16/h2-4,6,12-13H,5,7-11H2,1H3,(H,21,24). The molecule has 1 atom stereocenters. The summed E-state index contributed by atoms with van der Waals surface area (Å²) in [5.41, 5.74) is -0.164. The number of likely N-dealkylation sites (tertiary alicyclic amines) is 1. The summed E-state index contributed by atoms with van der Waals surface area (Å²) in [6.45, 7) is 3.47. The number of hydrogen-bond donors (Lipinski definition) is 1. The van der Waals surface area contributed by atoms with E-state index in [0.717, 1.165) is 0 Å². The van der Waals surface area contributed by atoms with Gasteiger partial charge in [0.1, 0.15) is 18.8 Å². The number of aryl methyl sites for hydroxylation is 1. The lowest BCUT2D eigenvalue weighted by atomic mass is 9.85. The summed E-state index contributed by atoms with van der Waals surface area (Å²) in [5.74, 6) is 1.16. The number of ether oxygens (including phenoxy) is 2. The number of benzene rings is 1. The number of fused-ring (bicyclic) bond motifs is 1. The number of nitrogens with one attached hydrogen (secondary N) is 1. The smallest absolute Gasteiger partial charge is 0.250 e. The predicted octanol–water partition coefficient (Wildman–Crippen LogP) is 3.08.